The number of benzene rings is 1. The van der Waals surface area contributed by atoms with Crippen molar-refractivity contribution in [2.45, 2.75) is 51.5 Å². The van der Waals surface area contributed by atoms with Crippen LogP contribution in [0.2, 0.25) is 0 Å². The largest absolute Gasteiger partial charge is 0.497 e. The predicted octanol–water partition coefficient (Wildman–Crippen LogP) is 4.79. The molecule has 2 nitrogen and oxygen atoms in total. The third-order valence-electron chi connectivity index (χ3n) is 3.81. The van der Waals surface area contributed by atoms with Crippen LogP contribution in [0.15, 0.2) is 24.3 Å². The van der Waals surface area contributed by atoms with Crippen LogP contribution in [0.5, 0.6) is 5.75 Å². The van der Waals surface area contributed by atoms with Gasteiger partial charge in [0, 0.05) is 6.54 Å². The number of nitrogens with zero attached hydrogens (tertiary/aromatic N) is 1. The van der Waals surface area contributed by atoms with E-state index in [2.05, 4.69) is 36.7 Å². The monoisotopic (exact) mass is 309 g/mol. The topological polar surface area (TPSA) is 12.5 Å². The lowest BCUT2D eigenvalue weighted by molar-refractivity contribution is 0.316. The Bertz CT molecular complexity index is 353. The molecule has 1 aromatic rings. The van der Waals surface area contributed by atoms with Crippen LogP contribution < -0.4 is 4.74 Å². The van der Waals surface area contributed by atoms with Gasteiger partial charge < -0.3 is 9.64 Å². The summed E-state index contributed by atoms with van der Waals surface area (Å²) in [5.41, 5.74) is 1.35. The third-order valence-corrected chi connectivity index (χ3v) is 4.13. The summed E-state index contributed by atoms with van der Waals surface area (Å²) in [6.45, 7) is 2.20. The van der Waals surface area contributed by atoms with Crippen LogP contribution in [-0.2, 0) is 6.54 Å². The van der Waals surface area contributed by atoms with E-state index in [-0.39, 0.29) is 0 Å². The highest BCUT2D eigenvalue weighted by atomic mass is 32.1. The van der Waals surface area contributed by atoms with Gasteiger partial charge in [-0.25, -0.2) is 0 Å². The lowest BCUT2D eigenvalue weighted by atomic mass is 10.1. The standard InChI is InChI=1S/C18H31NOS/c1-19(14-8-6-4-3-5-7-9-15-21)16-17-10-12-18(20-2)13-11-17/h10-13,21H,3-9,14-16H2,1-2H3. The van der Waals surface area contributed by atoms with Crippen LogP contribution in [0.1, 0.15) is 50.5 Å². The summed E-state index contributed by atoms with van der Waals surface area (Å²) in [6.07, 6.45) is 9.42. The highest BCUT2D eigenvalue weighted by Gasteiger charge is 2.01. The number of rotatable bonds is 12. The van der Waals surface area contributed by atoms with Gasteiger partial charge in [-0.2, -0.15) is 12.6 Å². The zero-order valence-electron chi connectivity index (χ0n) is 13.7. The zero-order valence-corrected chi connectivity index (χ0v) is 14.6. The Kier molecular flexibility index (Phi) is 10.4. The van der Waals surface area contributed by atoms with Gasteiger partial charge in [0.2, 0.25) is 0 Å². The van der Waals surface area contributed by atoms with Crippen molar-refractivity contribution in [1.29, 1.82) is 0 Å². The van der Waals surface area contributed by atoms with Crippen LogP contribution in [0.4, 0.5) is 0 Å². The molecule has 0 amide bonds. The lowest BCUT2D eigenvalue weighted by Crippen LogP contribution is -2.19. The molecule has 1 rings (SSSR count). The van der Waals surface area contributed by atoms with Gasteiger partial charge in [-0.05, 0) is 49.9 Å². The second-order valence-corrected chi connectivity index (χ2v) is 6.23. The van der Waals surface area contributed by atoms with Crippen molar-refractivity contribution < 1.29 is 4.74 Å². The van der Waals surface area contributed by atoms with E-state index in [0.29, 0.717) is 0 Å². The molecule has 0 aromatic heterocycles. The normalized spacial score (nSPS) is 11.0. The molecule has 1 aromatic carbocycles. The van der Waals surface area contributed by atoms with Crippen molar-refractivity contribution in [2.75, 3.05) is 26.5 Å². The predicted molar refractivity (Wildman–Crippen MR) is 95.5 cm³/mol. The second-order valence-electron chi connectivity index (χ2n) is 5.78. The SMILES string of the molecule is COc1ccc(CN(C)CCCCCCCCCS)cc1. The van der Waals surface area contributed by atoms with Crippen molar-refractivity contribution in [3.05, 3.63) is 29.8 Å². The fraction of sp³-hybridized carbons (Fsp3) is 0.667. The first-order valence-electron chi connectivity index (χ1n) is 8.18. The summed E-state index contributed by atoms with van der Waals surface area (Å²) >= 11 is 4.24. The smallest absolute Gasteiger partial charge is 0.118 e. The van der Waals surface area contributed by atoms with Gasteiger partial charge in [-0.15, -0.1) is 0 Å². The molecule has 0 saturated heterocycles. The summed E-state index contributed by atoms with van der Waals surface area (Å²) in [5.74, 6) is 1.97. The molecule has 0 aliphatic rings. The summed E-state index contributed by atoms with van der Waals surface area (Å²) in [7, 11) is 3.91. The molecule has 3 heteroatoms. The average Bonchev–Trinajstić information content (AvgIpc) is 2.50. The molecule has 0 saturated carbocycles. The van der Waals surface area contributed by atoms with Crippen LogP contribution >= 0.6 is 12.6 Å². The quantitative estimate of drug-likeness (QED) is 0.440. The van der Waals surface area contributed by atoms with Crippen molar-refractivity contribution in [3.8, 4) is 5.75 Å². The fourth-order valence-electron chi connectivity index (χ4n) is 2.50. The van der Waals surface area contributed by atoms with E-state index < -0.39 is 0 Å². The molecule has 120 valence electrons. The van der Waals surface area contributed by atoms with E-state index in [1.807, 2.05) is 12.1 Å². The van der Waals surface area contributed by atoms with Crippen LogP contribution in [0.3, 0.4) is 0 Å². The van der Waals surface area contributed by atoms with E-state index in [9.17, 15) is 0 Å². The summed E-state index contributed by atoms with van der Waals surface area (Å²) < 4.78 is 5.18. The van der Waals surface area contributed by atoms with Gasteiger partial charge in [-0.3, -0.25) is 0 Å². The second kappa shape index (κ2) is 11.9. The maximum absolute atomic E-state index is 5.18. The van der Waals surface area contributed by atoms with Gasteiger partial charge in [-0.1, -0.05) is 44.2 Å². The van der Waals surface area contributed by atoms with Crippen LogP contribution in [0.25, 0.3) is 0 Å². The summed E-state index contributed by atoms with van der Waals surface area (Å²) in [5, 5.41) is 0. The van der Waals surface area contributed by atoms with E-state index in [1.54, 1.807) is 7.11 Å². The highest BCUT2D eigenvalue weighted by molar-refractivity contribution is 7.80. The number of ether oxygens (including phenoxy) is 1. The number of methoxy groups -OCH3 is 1. The van der Waals surface area contributed by atoms with Crippen molar-refractivity contribution in [2.24, 2.45) is 0 Å². The number of hydrogen-bond donors (Lipinski definition) is 1. The van der Waals surface area contributed by atoms with Crippen LogP contribution in [0, 0.1) is 0 Å². The first-order valence-corrected chi connectivity index (χ1v) is 8.82. The molecule has 0 aliphatic carbocycles. The minimum Gasteiger partial charge on any atom is -0.497 e. The minimum absolute atomic E-state index is 0.930. The van der Waals surface area contributed by atoms with E-state index in [4.69, 9.17) is 4.74 Å². The van der Waals surface area contributed by atoms with Crippen molar-refractivity contribution in [1.82, 2.24) is 4.90 Å². The van der Waals surface area contributed by atoms with E-state index in [0.717, 1.165) is 18.0 Å². The fourth-order valence-corrected chi connectivity index (χ4v) is 2.72. The third kappa shape index (κ3) is 9.05. The first-order chi connectivity index (χ1) is 10.3. The molecule has 0 spiro atoms. The molecule has 0 radical (unpaired) electrons. The summed E-state index contributed by atoms with van der Waals surface area (Å²) in [4.78, 5) is 2.41. The molecule has 0 unspecified atom stereocenters. The maximum Gasteiger partial charge on any atom is 0.118 e. The maximum atomic E-state index is 5.18. The van der Waals surface area contributed by atoms with E-state index >= 15 is 0 Å². The van der Waals surface area contributed by atoms with Crippen LogP contribution in [-0.4, -0.2) is 31.4 Å². The van der Waals surface area contributed by atoms with Crippen molar-refractivity contribution in [3.63, 3.8) is 0 Å². The van der Waals surface area contributed by atoms with E-state index in [1.165, 1.54) is 57.1 Å². The van der Waals surface area contributed by atoms with Gasteiger partial charge >= 0.3 is 0 Å². The Morgan fingerprint density at radius 1 is 0.905 bits per heavy atom. The molecule has 21 heavy (non-hydrogen) atoms. The molecule has 0 N–H and O–H groups in total. The molecule has 0 aliphatic heterocycles. The Labute approximate surface area is 136 Å². The zero-order chi connectivity index (χ0) is 15.3. The Hall–Kier alpha value is -0.670. The average molecular weight is 310 g/mol. The number of hydrogen-bond acceptors (Lipinski definition) is 3. The summed E-state index contributed by atoms with van der Waals surface area (Å²) in [6, 6.07) is 8.37. The van der Waals surface area contributed by atoms with Gasteiger partial charge in [0.25, 0.3) is 0 Å². The number of unbranched alkanes of at least 4 members (excludes halogenated alkanes) is 6. The van der Waals surface area contributed by atoms with Gasteiger partial charge in [0.15, 0.2) is 0 Å². The molecular formula is C18H31NOS. The Morgan fingerprint density at radius 3 is 2.05 bits per heavy atom. The molecule has 0 atom stereocenters. The van der Waals surface area contributed by atoms with Crippen molar-refractivity contribution >= 4 is 12.6 Å². The van der Waals surface area contributed by atoms with Gasteiger partial charge in [0.05, 0.1) is 7.11 Å². The molecule has 0 fully saturated rings. The Balaban J connectivity index is 2.04. The minimum atomic E-state index is 0.930. The molecule has 0 heterocycles. The Morgan fingerprint density at radius 2 is 1.48 bits per heavy atom. The first kappa shape index (κ1) is 18.4. The molecular weight excluding hydrogens is 278 g/mol. The number of thiol groups is 1. The molecule has 0 bridgehead atoms. The lowest BCUT2D eigenvalue weighted by Gasteiger charge is -2.16. The highest BCUT2D eigenvalue weighted by Crippen LogP contribution is 2.13. The van der Waals surface area contributed by atoms with Gasteiger partial charge in [0.1, 0.15) is 5.75 Å².